The topological polar surface area (TPSA) is 126 Å². The average molecular weight is 577 g/mol. The van der Waals surface area contributed by atoms with Gasteiger partial charge in [0, 0.05) is 30.1 Å². The summed E-state index contributed by atoms with van der Waals surface area (Å²) >= 11 is 0. The van der Waals surface area contributed by atoms with Gasteiger partial charge in [0.25, 0.3) is 0 Å². The van der Waals surface area contributed by atoms with Crippen LogP contribution in [0.4, 0.5) is 11.5 Å². The van der Waals surface area contributed by atoms with E-state index in [2.05, 4.69) is 20.6 Å². The summed E-state index contributed by atoms with van der Waals surface area (Å²) < 4.78 is 11.0. The molecule has 9 nitrogen and oxygen atoms in total. The van der Waals surface area contributed by atoms with E-state index in [4.69, 9.17) is 15.2 Å². The number of carbonyl (C=O) groups is 1. The van der Waals surface area contributed by atoms with E-state index in [-0.39, 0.29) is 34.1 Å². The van der Waals surface area contributed by atoms with Crippen LogP contribution in [0.3, 0.4) is 0 Å². The fourth-order valence-corrected chi connectivity index (χ4v) is 2.74. The Hall–Kier alpha value is -3.19. The number of para-hydroxylation sites is 1. The van der Waals surface area contributed by atoms with Crippen LogP contribution >= 0.6 is 0 Å². The van der Waals surface area contributed by atoms with Crippen LogP contribution in [0.1, 0.15) is 12.0 Å². The van der Waals surface area contributed by atoms with E-state index in [9.17, 15) is 9.59 Å². The maximum atomic E-state index is 10.9. The summed E-state index contributed by atoms with van der Waals surface area (Å²) in [4.78, 5) is 30.0. The van der Waals surface area contributed by atoms with Gasteiger partial charge in [0.15, 0.2) is 11.5 Å². The molecule has 0 atom stereocenters. The first-order chi connectivity index (χ1) is 14.1. The third-order valence-electron chi connectivity index (χ3n) is 4.13. The Morgan fingerprint density at radius 2 is 2.00 bits per heavy atom. The van der Waals surface area contributed by atoms with Gasteiger partial charge < -0.3 is 35.4 Å². The Balaban J connectivity index is 0.00000320. The molecule has 2 aromatic carbocycles. The molecule has 0 aliphatic heterocycles. The Morgan fingerprint density at radius 3 is 2.73 bits per heavy atom. The van der Waals surface area contributed by atoms with E-state index < -0.39 is 5.91 Å². The van der Waals surface area contributed by atoms with Crippen molar-refractivity contribution in [3.8, 4) is 11.5 Å². The minimum atomic E-state index is -0.701. The van der Waals surface area contributed by atoms with Crippen molar-refractivity contribution in [3.05, 3.63) is 54.0 Å². The van der Waals surface area contributed by atoms with E-state index in [1.54, 1.807) is 18.5 Å². The molecule has 3 aromatic rings. The van der Waals surface area contributed by atoms with Gasteiger partial charge in [-0.25, -0.2) is 9.97 Å². The number of benzene rings is 2. The predicted octanol–water partition coefficient (Wildman–Crippen LogP) is 2.88. The maximum Gasteiger partial charge on any atom is 2.00 e. The van der Waals surface area contributed by atoms with E-state index >= 15 is 0 Å². The number of nitrogens with one attached hydrogen (secondary N) is 3. The Bertz CT molecular complexity index is 1030. The zero-order chi connectivity index (χ0) is 20.6. The summed E-state index contributed by atoms with van der Waals surface area (Å²) in [5.74, 6) is 0.727. The zero-order valence-corrected chi connectivity index (χ0v) is 19.0. The minimum Gasteiger partial charge on any atom is -0.668 e. The SMILES string of the molecule is COc1cc2ncnc(Nc3ccccc3CN[C-]=O)c2cc1OCCC([NH-])=O.[W+2]. The molecule has 0 saturated heterocycles. The van der Waals surface area contributed by atoms with Gasteiger partial charge >= 0.3 is 21.1 Å². The number of carbonyl (C=O) groups excluding carboxylic acids is 2. The number of rotatable bonds is 10. The Kier molecular flexibility index (Phi) is 8.55. The van der Waals surface area contributed by atoms with Crippen LogP contribution < -0.4 is 20.1 Å². The number of anilines is 2. The third kappa shape index (κ3) is 5.67. The standard InChI is InChI=1S/C20H20N5O4.W/c1-28-17-9-16-14(8-18(17)29-7-6-19(21)27)20(24-11-23-16)25-15-5-3-2-4-13(15)10-22-12-26;/h2-5,8-9,11H,6-7,10H2,1H3,(H4,21,22,23,24,25,26,27);/q-1;+2/p-1. The summed E-state index contributed by atoms with van der Waals surface area (Å²) in [6.45, 7) is 0.385. The number of ether oxygens (including phenoxy) is 2. The number of hydrogen-bond donors (Lipinski definition) is 2. The number of amides is 2. The van der Waals surface area contributed by atoms with Crippen LogP contribution in [0, 0.1) is 0 Å². The van der Waals surface area contributed by atoms with Crippen LogP contribution in [-0.4, -0.2) is 36.0 Å². The first-order valence-corrected chi connectivity index (χ1v) is 8.77. The Morgan fingerprint density at radius 1 is 1.20 bits per heavy atom. The molecular formula is C20H19N5O4W. The largest absolute Gasteiger partial charge is 2.00 e. The molecule has 0 saturated carbocycles. The summed E-state index contributed by atoms with van der Waals surface area (Å²) in [6.07, 6.45) is 3.08. The molecule has 1 aromatic heterocycles. The van der Waals surface area contributed by atoms with Crippen LogP contribution in [0.2, 0.25) is 0 Å². The van der Waals surface area contributed by atoms with Crippen molar-refractivity contribution in [2.75, 3.05) is 19.0 Å². The van der Waals surface area contributed by atoms with Crippen molar-refractivity contribution in [1.29, 1.82) is 0 Å². The third-order valence-corrected chi connectivity index (χ3v) is 4.13. The van der Waals surface area contributed by atoms with Gasteiger partial charge in [-0.3, -0.25) is 0 Å². The van der Waals surface area contributed by atoms with Crippen LogP contribution in [-0.2, 0) is 37.2 Å². The molecule has 3 rings (SSSR count). The number of hydrogen-bond acceptors (Lipinski definition) is 7. The van der Waals surface area contributed by atoms with Gasteiger partial charge in [0.05, 0.1) is 25.1 Å². The Labute approximate surface area is 187 Å². The normalized spacial score (nSPS) is 10.0. The van der Waals surface area contributed by atoms with E-state index in [0.29, 0.717) is 34.8 Å². The second-order valence-electron chi connectivity index (χ2n) is 6.00. The molecule has 2 amide bonds. The summed E-state index contributed by atoms with van der Waals surface area (Å²) in [6, 6.07) is 10.9. The monoisotopic (exact) mass is 577 g/mol. The second kappa shape index (κ2) is 11.1. The molecule has 0 fully saturated rings. The van der Waals surface area contributed by atoms with E-state index in [0.717, 1.165) is 11.3 Å². The van der Waals surface area contributed by atoms with Gasteiger partial charge in [-0.05, 0) is 17.7 Å². The van der Waals surface area contributed by atoms with E-state index in [1.165, 1.54) is 13.4 Å². The van der Waals surface area contributed by atoms with Crippen molar-refractivity contribution >= 4 is 34.7 Å². The first-order valence-electron chi connectivity index (χ1n) is 8.77. The second-order valence-corrected chi connectivity index (χ2v) is 6.00. The van der Waals surface area contributed by atoms with Gasteiger partial charge in [-0.15, -0.1) is 0 Å². The average Bonchev–Trinajstić information content (AvgIpc) is 2.72. The first kappa shape index (κ1) is 23.1. The molecule has 0 bridgehead atoms. The quantitative estimate of drug-likeness (QED) is 0.281. The number of methoxy groups -OCH3 is 1. The van der Waals surface area contributed by atoms with Gasteiger partial charge in [0.1, 0.15) is 12.1 Å². The van der Waals surface area contributed by atoms with Crippen molar-refractivity contribution in [1.82, 2.24) is 15.3 Å². The van der Waals surface area contributed by atoms with Gasteiger partial charge in [0.2, 0.25) is 0 Å². The molecule has 10 heteroatoms. The number of fused-ring (bicyclic) bond motifs is 1. The van der Waals surface area contributed by atoms with Gasteiger partial charge in [-0.2, -0.15) is 6.41 Å². The molecule has 0 aliphatic rings. The molecule has 0 radical (unpaired) electrons. The zero-order valence-electron chi connectivity index (χ0n) is 16.1. The molecule has 1 heterocycles. The molecule has 0 spiro atoms. The van der Waals surface area contributed by atoms with Crippen LogP contribution in [0.25, 0.3) is 16.6 Å². The fraction of sp³-hybridized carbons (Fsp3) is 0.200. The number of aromatic nitrogens is 2. The van der Waals surface area contributed by atoms with Crippen molar-refractivity contribution in [2.45, 2.75) is 13.0 Å². The summed E-state index contributed by atoms with van der Waals surface area (Å²) in [5, 5.41) is 6.47. The molecule has 0 aliphatic carbocycles. The molecule has 154 valence electrons. The minimum absolute atomic E-state index is 0. The predicted molar refractivity (Wildman–Crippen MR) is 108 cm³/mol. The van der Waals surface area contributed by atoms with Crippen LogP contribution in [0.15, 0.2) is 42.7 Å². The molecule has 30 heavy (non-hydrogen) atoms. The molecule has 0 unspecified atom stereocenters. The summed E-state index contributed by atoms with van der Waals surface area (Å²) in [5.41, 5.74) is 9.26. The van der Waals surface area contributed by atoms with Crippen molar-refractivity contribution in [3.63, 3.8) is 0 Å². The number of nitrogens with zero attached hydrogens (tertiary/aromatic N) is 2. The van der Waals surface area contributed by atoms with Gasteiger partial charge in [-0.1, -0.05) is 18.2 Å². The van der Waals surface area contributed by atoms with Crippen LogP contribution in [0.5, 0.6) is 11.5 Å². The molecular weight excluding hydrogens is 558 g/mol. The molecule has 3 N–H and O–H groups in total. The van der Waals surface area contributed by atoms with E-state index in [1.807, 2.05) is 24.3 Å². The van der Waals surface area contributed by atoms with Crippen molar-refractivity contribution in [2.24, 2.45) is 0 Å². The maximum absolute atomic E-state index is 10.9. The van der Waals surface area contributed by atoms with Crippen molar-refractivity contribution < 1.29 is 40.1 Å². The fourth-order valence-electron chi connectivity index (χ4n) is 2.74. The smallest absolute Gasteiger partial charge is 0.668 e. The summed E-state index contributed by atoms with van der Waals surface area (Å²) in [7, 11) is 1.51.